The maximum absolute atomic E-state index is 12.6. The van der Waals surface area contributed by atoms with E-state index < -0.39 is 4.92 Å². The van der Waals surface area contributed by atoms with Gasteiger partial charge >= 0.3 is 0 Å². The molecule has 0 spiro atoms. The van der Waals surface area contributed by atoms with Crippen molar-refractivity contribution in [3.63, 3.8) is 0 Å². The molecule has 0 bridgehead atoms. The SMILES string of the molecule is COc1ccc(C(=O)Nc2cccc([N+](=O)[O-])c2)cc1CSc1ccc(Cl)cc1. The Hall–Kier alpha value is -3.03. The number of nitrogens with zero attached hydrogens (tertiary/aromatic N) is 1. The second kappa shape index (κ2) is 9.45. The second-order valence-electron chi connectivity index (χ2n) is 6.03. The van der Waals surface area contributed by atoms with Crippen LogP contribution in [0.3, 0.4) is 0 Å². The lowest BCUT2D eigenvalue weighted by atomic mass is 10.1. The Bertz CT molecular complexity index is 1040. The number of nitro groups is 1. The molecule has 0 radical (unpaired) electrons. The molecular weight excluding hydrogens is 412 g/mol. The highest BCUT2D eigenvalue weighted by molar-refractivity contribution is 7.98. The van der Waals surface area contributed by atoms with Gasteiger partial charge < -0.3 is 10.1 Å². The Morgan fingerprint density at radius 2 is 1.90 bits per heavy atom. The van der Waals surface area contributed by atoms with Gasteiger partial charge in [-0.25, -0.2) is 0 Å². The summed E-state index contributed by atoms with van der Waals surface area (Å²) in [5.74, 6) is 0.923. The highest BCUT2D eigenvalue weighted by atomic mass is 35.5. The van der Waals surface area contributed by atoms with Gasteiger partial charge in [-0.2, -0.15) is 0 Å². The minimum Gasteiger partial charge on any atom is -0.496 e. The number of non-ortho nitro benzene ring substituents is 1. The van der Waals surface area contributed by atoms with E-state index in [1.165, 1.54) is 18.2 Å². The largest absolute Gasteiger partial charge is 0.496 e. The third kappa shape index (κ3) is 5.49. The van der Waals surface area contributed by atoms with Crippen molar-refractivity contribution >= 4 is 40.6 Å². The zero-order chi connectivity index (χ0) is 20.8. The summed E-state index contributed by atoms with van der Waals surface area (Å²) in [6.45, 7) is 0. The molecule has 0 saturated carbocycles. The zero-order valence-corrected chi connectivity index (χ0v) is 17.0. The highest BCUT2D eigenvalue weighted by Gasteiger charge is 2.13. The van der Waals surface area contributed by atoms with Crippen molar-refractivity contribution in [1.29, 1.82) is 0 Å². The van der Waals surface area contributed by atoms with E-state index in [0.717, 1.165) is 10.5 Å². The number of benzene rings is 3. The third-order valence-electron chi connectivity index (χ3n) is 4.07. The molecule has 0 fully saturated rings. The van der Waals surface area contributed by atoms with Crippen molar-refractivity contribution in [1.82, 2.24) is 0 Å². The van der Waals surface area contributed by atoms with Crippen LogP contribution in [0.25, 0.3) is 0 Å². The second-order valence-corrected chi connectivity index (χ2v) is 7.52. The van der Waals surface area contributed by atoms with Gasteiger partial charge in [-0.05, 0) is 48.5 Å². The average molecular weight is 429 g/mol. The summed E-state index contributed by atoms with van der Waals surface area (Å²) < 4.78 is 5.41. The number of ether oxygens (including phenoxy) is 1. The molecule has 0 aliphatic heterocycles. The van der Waals surface area contributed by atoms with Crippen LogP contribution in [-0.4, -0.2) is 17.9 Å². The molecule has 1 amide bonds. The van der Waals surface area contributed by atoms with Crippen molar-refractivity contribution in [3.8, 4) is 5.75 Å². The number of nitrogens with one attached hydrogen (secondary N) is 1. The number of halogens is 1. The lowest BCUT2D eigenvalue weighted by molar-refractivity contribution is -0.384. The number of hydrogen-bond acceptors (Lipinski definition) is 5. The molecule has 148 valence electrons. The van der Waals surface area contributed by atoms with Gasteiger partial charge in [-0.3, -0.25) is 14.9 Å². The first-order chi connectivity index (χ1) is 14.0. The van der Waals surface area contributed by atoms with Crippen LogP contribution in [0.15, 0.2) is 71.6 Å². The fourth-order valence-electron chi connectivity index (χ4n) is 2.63. The number of methoxy groups -OCH3 is 1. The lowest BCUT2D eigenvalue weighted by Gasteiger charge is -2.11. The van der Waals surface area contributed by atoms with E-state index in [2.05, 4.69) is 5.32 Å². The first-order valence-corrected chi connectivity index (χ1v) is 9.93. The molecule has 3 aromatic carbocycles. The van der Waals surface area contributed by atoms with Crippen molar-refractivity contribution < 1.29 is 14.5 Å². The molecule has 1 N–H and O–H groups in total. The molecule has 29 heavy (non-hydrogen) atoms. The Morgan fingerprint density at radius 1 is 1.14 bits per heavy atom. The number of carbonyl (C=O) groups is 1. The van der Waals surface area contributed by atoms with Gasteiger partial charge in [0.15, 0.2) is 0 Å². The molecule has 3 rings (SSSR count). The van der Waals surface area contributed by atoms with E-state index in [1.54, 1.807) is 43.1 Å². The van der Waals surface area contributed by atoms with Crippen LogP contribution in [-0.2, 0) is 5.75 Å². The van der Waals surface area contributed by atoms with E-state index >= 15 is 0 Å². The van der Waals surface area contributed by atoms with E-state index in [9.17, 15) is 14.9 Å². The number of amides is 1. The summed E-state index contributed by atoms with van der Waals surface area (Å²) in [4.78, 5) is 24.1. The summed E-state index contributed by atoms with van der Waals surface area (Å²) >= 11 is 7.51. The summed E-state index contributed by atoms with van der Waals surface area (Å²) in [7, 11) is 1.58. The Balaban J connectivity index is 1.76. The van der Waals surface area contributed by atoms with Gasteiger partial charge in [-0.15, -0.1) is 11.8 Å². The van der Waals surface area contributed by atoms with Crippen LogP contribution >= 0.6 is 23.4 Å². The molecule has 0 unspecified atom stereocenters. The van der Waals surface area contributed by atoms with Crippen molar-refractivity contribution in [2.24, 2.45) is 0 Å². The molecule has 0 heterocycles. The Morgan fingerprint density at radius 3 is 2.59 bits per heavy atom. The molecule has 8 heteroatoms. The molecule has 6 nitrogen and oxygen atoms in total. The summed E-state index contributed by atoms with van der Waals surface area (Å²) in [6.07, 6.45) is 0. The van der Waals surface area contributed by atoms with Crippen molar-refractivity contribution in [3.05, 3.63) is 93.0 Å². The van der Waals surface area contributed by atoms with E-state index in [0.29, 0.717) is 27.8 Å². The summed E-state index contributed by atoms with van der Waals surface area (Å²) in [6, 6.07) is 18.5. The topological polar surface area (TPSA) is 81.5 Å². The van der Waals surface area contributed by atoms with Crippen molar-refractivity contribution in [2.75, 3.05) is 12.4 Å². The normalized spacial score (nSPS) is 10.4. The number of hydrogen-bond donors (Lipinski definition) is 1. The Kier molecular flexibility index (Phi) is 6.74. The fraction of sp³-hybridized carbons (Fsp3) is 0.0952. The molecule has 0 aliphatic rings. The van der Waals surface area contributed by atoms with E-state index in [1.807, 2.05) is 24.3 Å². The van der Waals surface area contributed by atoms with Crippen LogP contribution in [0, 0.1) is 10.1 Å². The highest BCUT2D eigenvalue weighted by Crippen LogP contribution is 2.30. The van der Waals surface area contributed by atoms with Crippen LogP contribution in [0.5, 0.6) is 5.75 Å². The molecule has 3 aromatic rings. The monoisotopic (exact) mass is 428 g/mol. The Labute approximate surface area is 177 Å². The van der Waals surface area contributed by atoms with Crippen molar-refractivity contribution in [2.45, 2.75) is 10.6 Å². The number of thioether (sulfide) groups is 1. The lowest BCUT2D eigenvalue weighted by Crippen LogP contribution is -2.12. The van der Waals surface area contributed by atoms with Gasteiger partial charge in [0.25, 0.3) is 11.6 Å². The number of nitro benzene ring substituents is 1. The number of carbonyl (C=O) groups excluding carboxylic acids is 1. The van der Waals surface area contributed by atoms with Gasteiger partial charge in [-0.1, -0.05) is 17.7 Å². The minimum atomic E-state index is -0.505. The maximum Gasteiger partial charge on any atom is 0.271 e. The fourth-order valence-corrected chi connectivity index (χ4v) is 3.63. The smallest absolute Gasteiger partial charge is 0.271 e. The predicted molar refractivity (Wildman–Crippen MR) is 115 cm³/mol. The first kappa shape index (κ1) is 20.7. The molecule has 0 aromatic heterocycles. The zero-order valence-electron chi connectivity index (χ0n) is 15.4. The number of anilines is 1. The van der Waals surface area contributed by atoms with Gasteiger partial charge in [0, 0.05) is 44.6 Å². The van der Waals surface area contributed by atoms with Crippen LogP contribution in [0.2, 0.25) is 5.02 Å². The average Bonchev–Trinajstić information content (AvgIpc) is 2.73. The first-order valence-electron chi connectivity index (χ1n) is 8.57. The van der Waals surface area contributed by atoms with Gasteiger partial charge in [0.05, 0.1) is 12.0 Å². The van der Waals surface area contributed by atoms with Gasteiger partial charge in [0.1, 0.15) is 5.75 Å². The predicted octanol–water partition coefficient (Wildman–Crippen LogP) is 5.80. The van der Waals surface area contributed by atoms with Crippen LogP contribution in [0.1, 0.15) is 15.9 Å². The third-order valence-corrected chi connectivity index (χ3v) is 5.38. The van der Waals surface area contributed by atoms with Crippen LogP contribution in [0.4, 0.5) is 11.4 Å². The van der Waals surface area contributed by atoms with Gasteiger partial charge in [0.2, 0.25) is 0 Å². The molecule has 0 aliphatic carbocycles. The molecular formula is C21H17ClN2O4S. The van der Waals surface area contributed by atoms with Crippen LogP contribution < -0.4 is 10.1 Å². The molecule has 0 saturated heterocycles. The standard InChI is InChI=1S/C21H17ClN2O4S/c1-28-20-10-5-14(11-15(20)13-29-19-8-6-16(22)7-9-19)21(25)23-17-3-2-4-18(12-17)24(26)27/h2-12H,13H2,1H3,(H,23,25). The quantitative estimate of drug-likeness (QED) is 0.292. The summed E-state index contributed by atoms with van der Waals surface area (Å²) in [5.41, 5.74) is 1.57. The summed E-state index contributed by atoms with van der Waals surface area (Å²) in [5, 5.41) is 14.3. The van der Waals surface area contributed by atoms with E-state index in [-0.39, 0.29) is 11.6 Å². The van der Waals surface area contributed by atoms with E-state index in [4.69, 9.17) is 16.3 Å². The molecule has 0 atom stereocenters. The minimum absolute atomic E-state index is 0.0856. The maximum atomic E-state index is 12.6. The number of rotatable bonds is 7.